The highest BCUT2D eigenvalue weighted by Gasteiger charge is 2.16. The van der Waals surface area contributed by atoms with Crippen molar-refractivity contribution in [2.45, 2.75) is 6.10 Å². The van der Waals surface area contributed by atoms with Gasteiger partial charge in [-0.15, -0.1) is 0 Å². The zero-order valence-electron chi connectivity index (χ0n) is 23.9. The Morgan fingerprint density at radius 2 is 1.36 bits per heavy atom. The summed E-state index contributed by atoms with van der Waals surface area (Å²) in [4.78, 5) is 31.4. The van der Waals surface area contributed by atoms with E-state index in [9.17, 15) is 20.0 Å². The van der Waals surface area contributed by atoms with E-state index in [2.05, 4.69) is 9.97 Å². The molecule has 3 N–H and O–H groups in total. The molecule has 1 unspecified atom stereocenters. The van der Waals surface area contributed by atoms with Crippen molar-refractivity contribution in [1.82, 2.24) is 9.97 Å². The predicted octanol–water partition coefficient (Wildman–Crippen LogP) is 6.29. The molecule has 0 saturated carbocycles. The summed E-state index contributed by atoms with van der Waals surface area (Å²) in [6, 6.07) is 27.2. The number of nitro groups is 1. The van der Waals surface area contributed by atoms with Gasteiger partial charge in [0.05, 0.1) is 30.2 Å². The molecule has 2 heterocycles. The van der Waals surface area contributed by atoms with Crippen LogP contribution in [0.15, 0.2) is 109 Å². The van der Waals surface area contributed by atoms with Crippen molar-refractivity contribution in [2.24, 2.45) is 0 Å². The number of ether oxygens (including phenoxy) is 2. The number of carbonyl (C=O) groups excluding carboxylic acids is 1. The molecule has 0 amide bonds. The molecular formula is C34H28N4O6. The van der Waals surface area contributed by atoms with E-state index >= 15 is 0 Å². The highest BCUT2D eigenvalue weighted by atomic mass is 16.6. The van der Waals surface area contributed by atoms with E-state index in [1.165, 1.54) is 24.3 Å². The number of anilines is 1. The molecule has 44 heavy (non-hydrogen) atoms. The Labute approximate surface area is 252 Å². The van der Waals surface area contributed by atoms with E-state index in [1.54, 1.807) is 63.0 Å². The summed E-state index contributed by atoms with van der Waals surface area (Å²) >= 11 is 0. The molecule has 220 valence electrons. The smallest absolute Gasteiger partial charge is 0.269 e. The molecule has 0 fully saturated rings. The number of fused-ring (bicyclic) bond motifs is 2. The van der Waals surface area contributed by atoms with Crippen molar-refractivity contribution in [3.05, 3.63) is 142 Å². The van der Waals surface area contributed by atoms with Gasteiger partial charge in [-0.3, -0.25) is 24.9 Å². The van der Waals surface area contributed by atoms with Crippen LogP contribution in [0.25, 0.3) is 21.8 Å². The van der Waals surface area contributed by atoms with Crippen LogP contribution in [-0.4, -0.2) is 40.0 Å². The van der Waals surface area contributed by atoms with Crippen molar-refractivity contribution in [1.29, 1.82) is 0 Å². The number of hydrogen-bond acceptors (Lipinski definition) is 9. The van der Waals surface area contributed by atoms with E-state index in [0.29, 0.717) is 33.5 Å². The van der Waals surface area contributed by atoms with Gasteiger partial charge in [0, 0.05) is 64.2 Å². The van der Waals surface area contributed by atoms with E-state index in [-0.39, 0.29) is 11.5 Å². The number of rotatable bonds is 7. The zero-order chi connectivity index (χ0) is 31.2. The number of nitrogens with two attached hydrogens (primary N) is 1. The Hall–Kier alpha value is -5.87. The number of methoxy groups -OCH3 is 2. The molecule has 0 aliphatic heterocycles. The van der Waals surface area contributed by atoms with Crippen LogP contribution in [0.1, 0.15) is 33.2 Å². The molecule has 10 heteroatoms. The first-order valence-electron chi connectivity index (χ1n) is 13.5. The summed E-state index contributed by atoms with van der Waals surface area (Å²) in [5.74, 6) is 1.19. The maximum atomic E-state index is 12.7. The molecule has 0 spiro atoms. The van der Waals surface area contributed by atoms with Crippen LogP contribution in [0, 0.1) is 10.1 Å². The molecule has 6 aromatic rings. The summed E-state index contributed by atoms with van der Waals surface area (Å²) in [5, 5.41) is 22.9. The molecule has 6 rings (SSSR count). The second-order valence-electron chi connectivity index (χ2n) is 9.73. The lowest BCUT2D eigenvalue weighted by atomic mass is 9.98. The average molecular weight is 589 g/mol. The van der Waals surface area contributed by atoms with Crippen molar-refractivity contribution < 1.29 is 24.3 Å². The summed E-state index contributed by atoms with van der Waals surface area (Å²) in [5.41, 5.74) is 10.2. The van der Waals surface area contributed by atoms with Crippen LogP contribution >= 0.6 is 0 Å². The highest BCUT2D eigenvalue weighted by molar-refractivity contribution is 6.16. The Morgan fingerprint density at radius 3 is 1.95 bits per heavy atom. The van der Waals surface area contributed by atoms with Crippen molar-refractivity contribution in [2.75, 3.05) is 20.0 Å². The fourth-order valence-electron chi connectivity index (χ4n) is 4.72. The SMILES string of the molecule is COc1ccc2c(C(=O)c3ccc([N+](=O)[O-])cc3)ccnc2c1.COc1ccc2c(C(O)c3ccc(N)cc3)ccnc2c1. The summed E-state index contributed by atoms with van der Waals surface area (Å²) in [7, 11) is 3.18. The minimum Gasteiger partial charge on any atom is -0.497 e. The second-order valence-corrected chi connectivity index (χ2v) is 9.73. The number of carbonyl (C=O) groups is 1. The predicted molar refractivity (Wildman–Crippen MR) is 168 cm³/mol. The van der Waals surface area contributed by atoms with Crippen molar-refractivity contribution in [3.8, 4) is 11.5 Å². The van der Waals surface area contributed by atoms with Crippen molar-refractivity contribution >= 4 is 39.0 Å². The summed E-state index contributed by atoms with van der Waals surface area (Å²) in [6.45, 7) is 0. The first kappa shape index (κ1) is 29.6. The van der Waals surface area contributed by atoms with E-state index < -0.39 is 11.0 Å². The fraction of sp³-hybridized carbons (Fsp3) is 0.0882. The van der Waals surface area contributed by atoms with Crippen molar-refractivity contribution in [3.63, 3.8) is 0 Å². The number of nitro benzene ring substituents is 1. The number of ketones is 1. The fourth-order valence-corrected chi connectivity index (χ4v) is 4.72. The van der Waals surface area contributed by atoms with Gasteiger partial charge in [-0.05, 0) is 71.8 Å². The molecule has 0 aliphatic carbocycles. The van der Waals surface area contributed by atoms with Gasteiger partial charge in [0.2, 0.25) is 0 Å². The quantitative estimate of drug-likeness (QED) is 0.0949. The first-order chi connectivity index (χ1) is 21.3. The molecule has 10 nitrogen and oxygen atoms in total. The van der Waals surface area contributed by atoms with E-state index in [4.69, 9.17) is 15.2 Å². The minimum atomic E-state index is -0.718. The monoisotopic (exact) mass is 588 g/mol. The van der Waals surface area contributed by atoms with Crippen LogP contribution < -0.4 is 15.2 Å². The van der Waals surface area contributed by atoms with Gasteiger partial charge in [0.25, 0.3) is 5.69 Å². The molecule has 0 aliphatic rings. The van der Waals surface area contributed by atoms with Gasteiger partial charge < -0.3 is 20.3 Å². The standard InChI is InChI=1S/C17H12N2O4.C17H16N2O2/c1-23-13-6-7-14-15(8-9-18-16(14)10-13)17(20)11-2-4-12(5-3-11)19(21)22;1-21-13-6-7-14-15(8-9-19-16(14)10-13)17(20)11-2-4-12(18)5-3-11/h2-10H,1H3;2-10,17,20H,18H2,1H3. The third kappa shape index (κ3) is 6.30. The van der Waals surface area contributed by atoms with Crippen LogP contribution in [0.5, 0.6) is 11.5 Å². The molecule has 0 bridgehead atoms. The Bertz CT molecular complexity index is 1960. The molecule has 1 atom stereocenters. The normalized spacial score (nSPS) is 11.3. The largest absolute Gasteiger partial charge is 0.497 e. The number of nitrogens with zero attached hydrogens (tertiary/aromatic N) is 3. The number of pyridine rings is 2. The van der Waals surface area contributed by atoms with Crippen LogP contribution in [0.2, 0.25) is 0 Å². The van der Waals surface area contributed by atoms with E-state index in [0.717, 1.165) is 27.8 Å². The lowest BCUT2D eigenvalue weighted by molar-refractivity contribution is -0.384. The molecule has 0 saturated heterocycles. The molecule has 0 radical (unpaired) electrons. The third-order valence-electron chi connectivity index (χ3n) is 7.07. The van der Waals surface area contributed by atoms with Gasteiger partial charge in [0.15, 0.2) is 5.78 Å². The third-order valence-corrected chi connectivity index (χ3v) is 7.07. The van der Waals surface area contributed by atoms with Gasteiger partial charge in [-0.2, -0.15) is 0 Å². The number of nitrogen functional groups attached to an aromatic ring is 1. The summed E-state index contributed by atoms with van der Waals surface area (Å²) in [6.07, 6.45) is 2.53. The molecular weight excluding hydrogens is 560 g/mol. The first-order valence-corrected chi connectivity index (χ1v) is 13.5. The number of non-ortho nitro benzene ring substituents is 1. The van der Waals surface area contributed by atoms with Gasteiger partial charge in [-0.1, -0.05) is 12.1 Å². The number of benzene rings is 4. The zero-order valence-corrected chi connectivity index (χ0v) is 23.9. The number of aliphatic hydroxyl groups is 1. The Kier molecular flexibility index (Phi) is 8.73. The Balaban J connectivity index is 0.000000175. The van der Waals surface area contributed by atoms with Crippen LogP contribution in [0.3, 0.4) is 0 Å². The number of hydrogen-bond donors (Lipinski definition) is 2. The van der Waals surface area contributed by atoms with Crippen LogP contribution in [0.4, 0.5) is 11.4 Å². The molecule has 4 aromatic carbocycles. The summed E-state index contributed by atoms with van der Waals surface area (Å²) < 4.78 is 10.4. The molecule has 2 aromatic heterocycles. The average Bonchev–Trinajstić information content (AvgIpc) is 3.07. The second kappa shape index (κ2) is 13.0. The van der Waals surface area contributed by atoms with Gasteiger partial charge in [-0.25, -0.2) is 0 Å². The maximum absolute atomic E-state index is 12.7. The van der Waals surface area contributed by atoms with Gasteiger partial charge in [0.1, 0.15) is 17.6 Å². The van der Waals surface area contributed by atoms with Gasteiger partial charge >= 0.3 is 0 Å². The van der Waals surface area contributed by atoms with E-state index in [1.807, 2.05) is 36.4 Å². The maximum Gasteiger partial charge on any atom is 0.269 e. The highest BCUT2D eigenvalue weighted by Crippen LogP contribution is 2.30. The van der Waals surface area contributed by atoms with Crippen LogP contribution in [-0.2, 0) is 0 Å². The lowest BCUT2D eigenvalue weighted by Crippen LogP contribution is -2.03. The minimum absolute atomic E-state index is 0.0501. The Morgan fingerprint density at radius 1 is 0.795 bits per heavy atom. The lowest BCUT2D eigenvalue weighted by Gasteiger charge is -2.14. The number of aromatic nitrogens is 2. The topological polar surface area (TPSA) is 151 Å². The number of aliphatic hydroxyl groups excluding tert-OH is 1.